The lowest BCUT2D eigenvalue weighted by atomic mass is 10.2. The minimum Gasteiger partial charge on any atom is -0.495 e. The fourth-order valence-corrected chi connectivity index (χ4v) is 3.35. The Morgan fingerprint density at radius 1 is 1.08 bits per heavy atom. The smallest absolute Gasteiger partial charge is 0.236 e. The normalized spacial score (nSPS) is 14.4. The number of carbonyl (C=O) groups is 1. The zero-order valence-electron chi connectivity index (χ0n) is 15.0. The summed E-state index contributed by atoms with van der Waals surface area (Å²) in [5.74, 6) is 0.991. The SMILES string of the molecule is COc1ccccc1N1CCN(C(=O)CNCc2ccccc2Cl)CC1. The van der Waals surface area contributed by atoms with E-state index in [1.54, 1.807) is 7.11 Å². The molecule has 1 heterocycles. The minimum absolute atomic E-state index is 0.122. The molecule has 138 valence electrons. The summed E-state index contributed by atoms with van der Waals surface area (Å²) in [5, 5.41) is 3.91. The van der Waals surface area contributed by atoms with Gasteiger partial charge in [0.2, 0.25) is 5.91 Å². The van der Waals surface area contributed by atoms with E-state index >= 15 is 0 Å². The first kappa shape index (κ1) is 18.5. The number of rotatable bonds is 6. The summed E-state index contributed by atoms with van der Waals surface area (Å²) in [6.45, 7) is 3.94. The van der Waals surface area contributed by atoms with Crippen LogP contribution in [-0.2, 0) is 11.3 Å². The van der Waals surface area contributed by atoms with Crippen LogP contribution in [0.4, 0.5) is 5.69 Å². The highest BCUT2D eigenvalue weighted by molar-refractivity contribution is 6.31. The second kappa shape index (κ2) is 8.92. The largest absolute Gasteiger partial charge is 0.495 e. The van der Waals surface area contributed by atoms with Crippen LogP contribution in [0.15, 0.2) is 48.5 Å². The van der Waals surface area contributed by atoms with Gasteiger partial charge in [0, 0.05) is 37.7 Å². The van der Waals surface area contributed by atoms with E-state index in [1.807, 2.05) is 47.4 Å². The Bertz CT molecular complexity index is 745. The molecule has 26 heavy (non-hydrogen) atoms. The first-order valence-electron chi connectivity index (χ1n) is 8.79. The summed E-state index contributed by atoms with van der Waals surface area (Å²) in [6, 6.07) is 15.7. The number of methoxy groups -OCH3 is 1. The summed E-state index contributed by atoms with van der Waals surface area (Å²) in [5.41, 5.74) is 2.09. The molecule has 0 unspecified atom stereocenters. The van der Waals surface area contributed by atoms with E-state index in [0.29, 0.717) is 26.2 Å². The van der Waals surface area contributed by atoms with Crippen LogP contribution in [-0.4, -0.2) is 50.6 Å². The van der Waals surface area contributed by atoms with Crippen molar-refractivity contribution >= 4 is 23.2 Å². The van der Waals surface area contributed by atoms with Crippen molar-refractivity contribution in [1.29, 1.82) is 0 Å². The van der Waals surface area contributed by atoms with Gasteiger partial charge in [0.15, 0.2) is 0 Å². The Labute approximate surface area is 159 Å². The fourth-order valence-electron chi connectivity index (χ4n) is 3.15. The molecule has 1 fully saturated rings. The third-order valence-corrected chi connectivity index (χ3v) is 4.98. The number of nitrogens with zero attached hydrogens (tertiary/aromatic N) is 2. The van der Waals surface area contributed by atoms with Crippen LogP contribution in [0, 0.1) is 0 Å². The van der Waals surface area contributed by atoms with Crippen molar-refractivity contribution in [2.24, 2.45) is 0 Å². The molecule has 0 aromatic heterocycles. The third-order valence-electron chi connectivity index (χ3n) is 4.61. The lowest BCUT2D eigenvalue weighted by molar-refractivity contribution is -0.130. The Morgan fingerprint density at radius 3 is 2.50 bits per heavy atom. The number of para-hydroxylation sites is 2. The van der Waals surface area contributed by atoms with Crippen molar-refractivity contribution in [2.75, 3.05) is 44.7 Å². The van der Waals surface area contributed by atoms with Crippen molar-refractivity contribution in [3.63, 3.8) is 0 Å². The molecule has 1 saturated heterocycles. The maximum absolute atomic E-state index is 12.4. The molecule has 0 atom stereocenters. The van der Waals surface area contributed by atoms with Gasteiger partial charge in [-0.15, -0.1) is 0 Å². The van der Waals surface area contributed by atoms with Gasteiger partial charge in [0.1, 0.15) is 5.75 Å². The summed E-state index contributed by atoms with van der Waals surface area (Å²) in [7, 11) is 1.68. The van der Waals surface area contributed by atoms with E-state index in [9.17, 15) is 4.79 Å². The second-order valence-corrected chi connectivity index (χ2v) is 6.64. The molecular weight excluding hydrogens is 350 g/mol. The molecule has 0 saturated carbocycles. The van der Waals surface area contributed by atoms with Crippen molar-refractivity contribution in [2.45, 2.75) is 6.54 Å². The van der Waals surface area contributed by atoms with Crippen LogP contribution in [0.2, 0.25) is 5.02 Å². The van der Waals surface area contributed by atoms with Gasteiger partial charge in [-0.25, -0.2) is 0 Å². The van der Waals surface area contributed by atoms with Gasteiger partial charge >= 0.3 is 0 Å². The minimum atomic E-state index is 0.122. The van der Waals surface area contributed by atoms with Crippen molar-refractivity contribution < 1.29 is 9.53 Å². The summed E-state index contributed by atoms with van der Waals surface area (Å²) < 4.78 is 5.43. The molecule has 1 aliphatic heterocycles. The number of carbonyl (C=O) groups excluding carboxylic acids is 1. The highest BCUT2D eigenvalue weighted by Crippen LogP contribution is 2.28. The molecule has 2 aromatic rings. The number of benzene rings is 2. The van der Waals surface area contributed by atoms with Gasteiger partial charge < -0.3 is 19.9 Å². The first-order valence-corrected chi connectivity index (χ1v) is 9.16. The number of ether oxygens (including phenoxy) is 1. The zero-order chi connectivity index (χ0) is 18.4. The maximum atomic E-state index is 12.4. The topological polar surface area (TPSA) is 44.8 Å². The molecule has 0 bridgehead atoms. The van der Waals surface area contributed by atoms with Crippen LogP contribution < -0.4 is 15.0 Å². The lowest BCUT2D eigenvalue weighted by Gasteiger charge is -2.36. The Kier molecular flexibility index (Phi) is 6.36. The summed E-state index contributed by atoms with van der Waals surface area (Å²) in [4.78, 5) is 16.6. The summed E-state index contributed by atoms with van der Waals surface area (Å²) in [6.07, 6.45) is 0. The number of hydrogen-bond acceptors (Lipinski definition) is 4. The monoisotopic (exact) mass is 373 g/mol. The molecule has 2 aromatic carbocycles. The Balaban J connectivity index is 1.47. The molecule has 0 aliphatic carbocycles. The van der Waals surface area contributed by atoms with E-state index < -0.39 is 0 Å². The van der Waals surface area contributed by atoms with Crippen molar-refractivity contribution in [3.05, 3.63) is 59.1 Å². The molecule has 0 spiro atoms. The summed E-state index contributed by atoms with van der Waals surface area (Å²) >= 11 is 6.14. The van der Waals surface area contributed by atoms with Gasteiger partial charge in [0.05, 0.1) is 19.3 Å². The molecule has 1 N–H and O–H groups in total. The molecular formula is C20H24ClN3O2. The lowest BCUT2D eigenvalue weighted by Crippen LogP contribution is -2.50. The van der Waals surface area contributed by atoms with E-state index in [-0.39, 0.29) is 5.91 Å². The molecule has 0 radical (unpaired) electrons. The number of piperazine rings is 1. The van der Waals surface area contributed by atoms with E-state index in [4.69, 9.17) is 16.3 Å². The Morgan fingerprint density at radius 2 is 1.77 bits per heavy atom. The molecule has 3 rings (SSSR count). The number of anilines is 1. The van der Waals surface area contributed by atoms with Gasteiger partial charge in [-0.1, -0.05) is 41.9 Å². The van der Waals surface area contributed by atoms with E-state index in [0.717, 1.165) is 35.1 Å². The van der Waals surface area contributed by atoms with E-state index in [2.05, 4.69) is 16.3 Å². The average Bonchev–Trinajstić information content (AvgIpc) is 2.69. The quantitative estimate of drug-likeness (QED) is 0.845. The third kappa shape index (κ3) is 4.48. The Hall–Kier alpha value is -2.24. The molecule has 5 nitrogen and oxygen atoms in total. The number of amides is 1. The highest BCUT2D eigenvalue weighted by atomic mass is 35.5. The molecule has 1 aliphatic rings. The molecule has 1 amide bonds. The first-order chi connectivity index (χ1) is 12.7. The molecule has 6 heteroatoms. The predicted molar refractivity (Wildman–Crippen MR) is 105 cm³/mol. The van der Waals surface area contributed by atoms with Crippen LogP contribution >= 0.6 is 11.6 Å². The van der Waals surface area contributed by atoms with Gasteiger partial charge in [-0.2, -0.15) is 0 Å². The number of hydrogen-bond donors (Lipinski definition) is 1. The van der Waals surface area contributed by atoms with Crippen LogP contribution in [0.1, 0.15) is 5.56 Å². The number of nitrogens with one attached hydrogen (secondary N) is 1. The second-order valence-electron chi connectivity index (χ2n) is 6.23. The van der Waals surface area contributed by atoms with Gasteiger partial charge in [-0.05, 0) is 23.8 Å². The standard InChI is InChI=1S/C20H24ClN3O2/c1-26-19-9-5-4-8-18(19)23-10-12-24(13-11-23)20(25)15-22-14-16-6-2-3-7-17(16)21/h2-9,22H,10-15H2,1H3. The zero-order valence-corrected chi connectivity index (χ0v) is 15.7. The van der Waals surface area contributed by atoms with Crippen LogP contribution in [0.25, 0.3) is 0 Å². The average molecular weight is 374 g/mol. The highest BCUT2D eigenvalue weighted by Gasteiger charge is 2.22. The van der Waals surface area contributed by atoms with Gasteiger partial charge in [-0.3, -0.25) is 4.79 Å². The van der Waals surface area contributed by atoms with Crippen LogP contribution in [0.3, 0.4) is 0 Å². The van der Waals surface area contributed by atoms with Crippen molar-refractivity contribution in [3.8, 4) is 5.75 Å². The fraction of sp³-hybridized carbons (Fsp3) is 0.350. The van der Waals surface area contributed by atoms with Crippen LogP contribution in [0.5, 0.6) is 5.75 Å². The number of halogens is 1. The van der Waals surface area contributed by atoms with E-state index in [1.165, 1.54) is 0 Å². The van der Waals surface area contributed by atoms with Gasteiger partial charge in [0.25, 0.3) is 0 Å². The van der Waals surface area contributed by atoms with Crippen molar-refractivity contribution in [1.82, 2.24) is 10.2 Å². The maximum Gasteiger partial charge on any atom is 0.236 e. The predicted octanol–water partition coefficient (Wildman–Crippen LogP) is 2.79.